The summed E-state index contributed by atoms with van der Waals surface area (Å²) in [6, 6.07) is 13.5. The van der Waals surface area contributed by atoms with Gasteiger partial charge in [-0.1, -0.05) is 6.08 Å². The van der Waals surface area contributed by atoms with Crippen molar-refractivity contribution in [1.82, 2.24) is 9.97 Å². The number of carbonyl (C=O) groups is 1. The lowest BCUT2D eigenvalue weighted by molar-refractivity contribution is 0.262. The Balaban J connectivity index is 1.37. The number of aromatic nitrogens is 2. The molecule has 1 unspecified atom stereocenters. The van der Waals surface area contributed by atoms with Crippen molar-refractivity contribution in [1.29, 1.82) is 0 Å². The van der Waals surface area contributed by atoms with Crippen LogP contribution in [-0.4, -0.2) is 50.1 Å². The lowest BCUT2D eigenvalue weighted by Crippen LogP contribution is -2.33. The molecule has 11 heteroatoms. The van der Waals surface area contributed by atoms with Gasteiger partial charge in [0.2, 0.25) is 10.0 Å². The average Bonchev–Trinajstić information content (AvgIpc) is 3.36. The molecule has 2 N–H and O–H groups in total. The number of amides is 2. The molecule has 2 aromatic heterocycles. The van der Waals surface area contributed by atoms with Crippen LogP contribution in [0.2, 0.25) is 0 Å². The zero-order chi connectivity index (χ0) is 25.0. The summed E-state index contributed by atoms with van der Waals surface area (Å²) >= 11 is 1.33. The van der Waals surface area contributed by atoms with Gasteiger partial charge in [-0.25, -0.2) is 18.2 Å². The monoisotopic (exact) mass is 510 g/mol. The number of carbonyl (C=O) groups excluding carboxylic acids is 1. The van der Waals surface area contributed by atoms with E-state index in [0.29, 0.717) is 23.5 Å². The second-order valence-corrected chi connectivity index (χ2v) is 11.7. The number of pyridine rings is 2. The zero-order valence-corrected chi connectivity index (χ0v) is 21.2. The predicted molar refractivity (Wildman–Crippen MR) is 143 cm³/mol. The largest absolute Gasteiger partial charge is 0.363 e. The standard InChI is InChI=1S/C24H26N6O3S2/c1-29(2)22-10-4-17(16-26-22)21-9-11-23(34-21)35(32,33)30(3)20-7-5-18(6-8-20)27-24(31)28-19-12-14-25-15-13-19/h4-10,12-16,23H,11H2,1-3H3,(H2,25,27,28,31). The lowest BCUT2D eigenvalue weighted by atomic mass is 10.2. The third kappa shape index (κ3) is 5.75. The zero-order valence-electron chi connectivity index (χ0n) is 19.5. The molecule has 1 atom stereocenters. The molecule has 0 fully saturated rings. The molecule has 0 bridgehead atoms. The van der Waals surface area contributed by atoms with Crippen molar-refractivity contribution in [2.24, 2.45) is 0 Å². The first-order valence-corrected chi connectivity index (χ1v) is 13.2. The van der Waals surface area contributed by atoms with E-state index in [1.807, 2.05) is 37.2 Å². The predicted octanol–water partition coefficient (Wildman–Crippen LogP) is 4.46. The van der Waals surface area contributed by atoms with E-state index < -0.39 is 20.6 Å². The number of sulfonamides is 1. The molecule has 0 spiro atoms. The fraction of sp³-hybridized carbons (Fsp3) is 0.208. The maximum Gasteiger partial charge on any atom is 0.323 e. The van der Waals surface area contributed by atoms with Gasteiger partial charge in [0.05, 0.1) is 5.69 Å². The Labute approximate surface area is 209 Å². The molecule has 2 amide bonds. The number of hydrogen-bond acceptors (Lipinski definition) is 7. The second-order valence-electron chi connectivity index (χ2n) is 8.03. The van der Waals surface area contributed by atoms with Crippen LogP contribution in [0.25, 0.3) is 4.91 Å². The van der Waals surface area contributed by atoms with Gasteiger partial charge >= 0.3 is 6.03 Å². The van der Waals surface area contributed by atoms with Crippen LogP contribution in [0.4, 0.5) is 27.7 Å². The molecule has 0 radical (unpaired) electrons. The average molecular weight is 511 g/mol. The van der Waals surface area contributed by atoms with Gasteiger partial charge in [-0.15, -0.1) is 11.8 Å². The normalized spacial score (nSPS) is 15.3. The molecule has 1 aromatic carbocycles. The Morgan fingerprint density at radius 3 is 2.23 bits per heavy atom. The first-order chi connectivity index (χ1) is 16.7. The molecule has 35 heavy (non-hydrogen) atoms. The Bertz CT molecular complexity index is 1310. The highest BCUT2D eigenvalue weighted by molar-refractivity contribution is 8.19. The van der Waals surface area contributed by atoms with Crippen molar-refractivity contribution in [2.45, 2.75) is 11.0 Å². The quantitative estimate of drug-likeness (QED) is 0.483. The third-order valence-corrected chi connectivity index (χ3v) is 9.35. The molecule has 1 aliphatic rings. The molecule has 3 aromatic rings. The fourth-order valence-corrected chi connectivity index (χ4v) is 6.63. The molecule has 182 valence electrons. The Morgan fingerprint density at radius 2 is 1.63 bits per heavy atom. The van der Waals surface area contributed by atoms with Crippen LogP contribution >= 0.6 is 11.8 Å². The highest BCUT2D eigenvalue weighted by Crippen LogP contribution is 2.43. The fourth-order valence-electron chi connectivity index (χ4n) is 3.41. The number of thioether (sulfide) groups is 1. The number of rotatable bonds is 7. The number of hydrogen-bond donors (Lipinski definition) is 2. The van der Waals surface area contributed by atoms with E-state index in [9.17, 15) is 13.2 Å². The van der Waals surface area contributed by atoms with Gasteiger partial charge in [-0.3, -0.25) is 9.29 Å². The highest BCUT2D eigenvalue weighted by Gasteiger charge is 2.34. The van der Waals surface area contributed by atoms with Crippen molar-refractivity contribution in [2.75, 3.05) is 41.0 Å². The van der Waals surface area contributed by atoms with E-state index >= 15 is 0 Å². The summed E-state index contributed by atoms with van der Waals surface area (Å²) in [4.78, 5) is 23.3. The first-order valence-electron chi connectivity index (χ1n) is 10.8. The van der Waals surface area contributed by atoms with E-state index in [2.05, 4.69) is 20.6 Å². The van der Waals surface area contributed by atoms with E-state index in [4.69, 9.17) is 0 Å². The van der Waals surface area contributed by atoms with Crippen molar-refractivity contribution in [3.05, 3.63) is 78.8 Å². The second kappa shape index (κ2) is 10.4. The summed E-state index contributed by atoms with van der Waals surface area (Å²) in [7, 11) is 1.76. The minimum absolute atomic E-state index is 0.404. The molecule has 0 aliphatic carbocycles. The summed E-state index contributed by atoms with van der Waals surface area (Å²) in [6.07, 6.45) is 7.29. The molecular weight excluding hydrogens is 484 g/mol. The van der Waals surface area contributed by atoms with Gasteiger partial charge in [0.25, 0.3) is 0 Å². The summed E-state index contributed by atoms with van der Waals surface area (Å²) < 4.78 is 27.2. The summed E-state index contributed by atoms with van der Waals surface area (Å²) in [5.41, 5.74) is 2.57. The molecule has 0 saturated carbocycles. The Morgan fingerprint density at radius 1 is 0.971 bits per heavy atom. The van der Waals surface area contributed by atoms with Crippen LogP contribution in [0.15, 0.2) is 73.2 Å². The van der Waals surface area contributed by atoms with Gasteiger partial charge in [-0.2, -0.15) is 0 Å². The summed E-state index contributed by atoms with van der Waals surface area (Å²) in [5, 5.41) is 5.43. The number of nitrogens with zero attached hydrogens (tertiary/aromatic N) is 4. The lowest BCUT2D eigenvalue weighted by Gasteiger charge is -2.23. The summed E-state index contributed by atoms with van der Waals surface area (Å²) in [5.74, 6) is 0.842. The van der Waals surface area contributed by atoms with E-state index in [1.165, 1.54) is 16.1 Å². The molecule has 3 heterocycles. The van der Waals surface area contributed by atoms with Crippen molar-refractivity contribution in [3.63, 3.8) is 0 Å². The topological polar surface area (TPSA) is 108 Å². The van der Waals surface area contributed by atoms with Gasteiger partial charge in [-0.05, 0) is 55.0 Å². The number of urea groups is 1. The Hall–Kier alpha value is -3.57. The molecule has 9 nitrogen and oxygen atoms in total. The van der Waals surface area contributed by atoms with E-state index in [1.54, 1.807) is 62.0 Å². The van der Waals surface area contributed by atoms with Gasteiger partial charge in [0.15, 0.2) is 0 Å². The van der Waals surface area contributed by atoms with Crippen LogP contribution in [0.1, 0.15) is 12.0 Å². The van der Waals surface area contributed by atoms with Crippen molar-refractivity contribution >= 4 is 55.6 Å². The maximum absolute atomic E-state index is 13.3. The third-order valence-electron chi connectivity index (χ3n) is 5.39. The first kappa shape index (κ1) is 24.6. The van der Waals surface area contributed by atoms with E-state index in [0.717, 1.165) is 16.3 Å². The Kier molecular flexibility index (Phi) is 7.27. The van der Waals surface area contributed by atoms with Crippen LogP contribution < -0.4 is 19.8 Å². The minimum Gasteiger partial charge on any atom is -0.363 e. The number of benzene rings is 1. The number of nitrogens with one attached hydrogen (secondary N) is 2. The van der Waals surface area contributed by atoms with Crippen molar-refractivity contribution in [3.8, 4) is 0 Å². The molecule has 1 aliphatic heterocycles. The smallest absolute Gasteiger partial charge is 0.323 e. The molecule has 0 saturated heterocycles. The number of allylic oxidation sites excluding steroid dienone is 1. The minimum atomic E-state index is -3.62. The highest BCUT2D eigenvalue weighted by atomic mass is 32.3. The molecular formula is C24H26N6O3S2. The number of anilines is 4. The van der Waals surface area contributed by atoms with Gasteiger partial charge in [0, 0.05) is 61.6 Å². The molecule has 4 rings (SSSR count). The SMILES string of the molecule is CN(C)c1ccc(C2=CCC(S(=O)(=O)N(C)c3ccc(NC(=O)Nc4ccncc4)cc3)S2)cn1. The van der Waals surface area contributed by atoms with Gasteiger partial charge in [0.1, 0.15) is 10.4 Å². The maximum atomic E-state index is 13.3. The van der Waals surface area contributed by atoms with Crippen molar-refractivity contribution < 1.29 is 13.2 Å². The van der Waals surface area contributed by atoms with Gasteiger partial charge < -0.3 is 15.5 Å². The van der Waals surface area contributed by atoms with Crippen LogP contribution in [-0.2, 0) is 10.0 Å². The van der Waals surface area contributed by atoms with E-state index in [-0.39, 0.29) is 0 Å². The van der Waals surface area contributed by atoms with Crippen LogP contribution in [0.5, 0.6) is 0 Å². The van der Waals surface area contributed by atoms with Crippen LogP contribution in [0, 0.1) is 0 Å². The summed E-state index contributed by atoms with van der Waals surface area (Å²) in [6.45, 7) is 0. The van der Waals surface area contributed by atoms with Crippen LogP contribution in [0.3, 0.4) is 0 Å².